The number of ether oxygens (including phenoxy) is 1. The molecule has 0 bridgehead atoms. The minimum atomic E-state index is -0.429. The van der Waals surface area contributed by atoms with E-state index in [0.29, 0.717) is 11.3 Å². The van der Waals surface area contributed by atoms with E-state index < -0.39 is 6.04 Å². The number of amides is 1. The van der Waals surface area contributed by atoms with Crippen molar-refractivity contribution < 1.29 is 9.53 Å². The molecule has 0 spiro atoms. The molecule has 0 unspecified atom stereocenters. The van der Waals surface area contributed by atoms with Gasteiger partial charge in [-0.2, -0.15) is 0 Å². The summed E-state index contributed by atoms with van der Waals surface area (Å²) in [7, 11) is 3.50. The van der Waals surface area contributed by atoms with E-state index in [4.69, 9.17) is 4.74 Å². The average Bonchev–Trinajstić information content (AvgIpc) is 3.06. The van der Waals surface area contributed by atoms with Crippen LogP contribution in [0.3, 0.4) is 0 Å². The zero-order chi connectivity index (χ0) is 16.9. The minimum absolute atomic E-state index is 0.198. The summed E-state index contributed by atoms with van der Waals surface area (Å²) < 4.78 is 7.33. The molecule has 122 valence electrons. The number of para-hydroxylation sites is 1. The van der Waals surface area contributed by atoms with E-state index in [-0.39, 0.29) is 5.91 Å². The number of benzene rings is 1. The average molecular weight is 322 g/mol. The van der Waals surface area contributed by atoms with Crippen molar-refractivity contribution in [3.8, 4) is 5.75 Å². The fourth-order valence-electron chi connectivity index (χ4n) is 2.56. The number of carbonyl (C=O) groups excluding carboxylic acids is 1. The SMILES string of the molecule is COc1ccccc1[C@H](NC(=O)c1ccncc1)c1nccn1C. The Bertz CT molecular complexity index is 830. The van der Waals surface area contributed by atoms with Crippen LogP contribution < -0.4 is 10.1 Å². The molecule has 0 aliphatic carbocycles. The van der Waals surface area contributed by atoms with Gasteiger partial charge in [0.15, 0.2) is 0 Å². The lowest BCUT2D eigenvalue weighted by Crippen LogP contribution is -2.31. The van der Waals surface area contributed by atoms with Crippen molar-refractivity contribution in [3.63, 3.8) is 0 Å². The highest BCUT2D eigenvalue weighted by atomic mass is 16.5. The summed E-state index contributed by atoms with van der Waals surface area (Å²) in [5.41, 5.74) is 1.39. The molecular weight excluding hydrogens is 304 g/mol. The Labute approximate surface area is 140 Å². The van der Waals surface area contributed by atoms with Crippen LogP contribution in [0.4, 0.5) is 0 Å². The second-order valence-corrected chi connectivity index (χ2v) is 5.28. The summed E-state index contributed by atoms with van der Waals surface area (Å²) in [5.74, 6) is 1.22. The number of aromatic nitrogens is 3. The predicted molar refractivity (Wildman–Crippen MR) is 89.7 cm³/mol. The van der Waals surface area contributed by atoms with Crippen LogP contribution in [-0.2, 0) is 7.05 Å². The lowest BCUT2D eigenvalue weighted by atomic mass is 10.0. The first-order valence-corrected chi connectivity index (χ1v) is 7.51. The van der Waals surface area contributed by atoms with E-state index >= 15 is 0 Å². The molecule has 1 N–H and O–H groups in total. The first-order chi connectivity index (χ1) is 11.7. The summed E-state index contributed by atoms with van der Waals surface area (Å²) in [6, 6.07) is 10.5. The van der Waals surface area contributed by atoms with Crippen molar-refractivity contribution in [2.75, 3.05) is 7.11 Å². The molecule has 6 heteroatoms. The molecule has 0 aliphatic rings. The number of aryl methyl sites for hydroxylation is 1. The Hall–Kier alpha value is -3.15. The number of hydrogen-bond donors (Lipinski definition) is 1. The number of nitrogens with zero attached hydrogens (tertiary/aromatic N) is 3. The third kappa shape index (κ3) is 3.12. The second kappa shape index (κ2) is 6.95. The van der Waals surface area contributed by atoms with Crippen molar-refractivity contribution in [3.05, 3.63) is 78.1 Å². The molecule has 2 heterocycles. The van der Waals surface area contributed by atoms with Gasteiger partial charge in [-0.05, 0) is 18.2 Å². The quantitative estimate of drug-likeness (QED) is 0.783. The van der Waals surface area contributed by atoms with Gasteiger partial charge >= 0.3 is 0 Å². The van der Waals surface area contributed by atoms with Crippen LogP contribution in [0.25, 0.3) is 0 Å². The van der Waals surface area contributed by atoms with Crippen LogP contribution in [0.5, 0.6) is 5.75 Å². The summed E-state index contributed by atoms with van der Waals surface area (Å²) in [5, 5.41) is 3.04. The van der Waals surface area contributed by atoms with E-state index in [0.717, 1.165) is 11.4 Å². The van der Waals surface area contributed by atoms with E-state index in [1.165, 1.54) is 0 Å². The number of hydrogen-bond acceptors (Lipinski definition) is 4. The zero-order valence-corrected chi connectivity index (χ0v) is 13.5. The smallest absolute Gasteiger partial charge is 0.252 e. The Balaban J connectivity index is 2.00. The topological polar surface area (TPSA) is 69.0 Å². The predicted octanol–water partition coefficient (Wildman–Crippen LogP) is 2.34. The number of nitrogens with one attached hydrogen (secondary N) is 1. The number of rotatable bonds is 5. The molecule has 0 saturated heterocycles. The first kappa shape index (κ1) is 15.7. The Morgan fingerprint density at radius 2 is 1.92 bits per heavy atom. The molecule has 3 aromatic rings. The molecule has 6 nitrogen and oxygen atoms in total. The van der Waals surface area contributed by atoms with Crippen LogP contribution in [0.15, 0.2) is 61.2 Å². The molecule has 1 atom stereocenters. The molecule has 3 rings (SSSR count). The third-order valence-electron chi connectivity index (χ3n) is 3.78. The van der Waals surface area contributed by atoms with E-state index in [9.17, 15) is 4.79 Å². The normalized spacial score (nSPS) is 11.8. The van der Waals surface area contributed by atoms with Crippen molar-refractivity contribution >= 4 is 5.91 Å². The van der Waals surface area contributed by atoms with Gasteiger partial charge in [0.2, 0.25) is 0 Å². The molecule has 1 aromatic carbocycles. The maximum Gasteiger partial charge on any atom is 0.252 e. The largest absolute Gasteiger partial charge is 0.496 e. The molecule has 0 fully saturated rings. The maximum atomic E-state index is 12.6. The lowest BCUT2D eigenvalue weighted by Gasteiger charge is -2.21. The van der Waals surface area contributed by atoms with Gasteiger partial charge in [-0.25, -0.2) is 4.98 Å². The lowest BCUT2D eigenvalue weighted by molar-refractivity contribution is 0.0940. The van der Waals surface area contributed by atoms with Gasteiger partial charge in [0.05, 0.1) is 7.11 Å². The minimum Gasteiger partial charge on any atom is -0.496 e. The highest BCUT2D eigenvalue weighted by Crippen LogP contribution is 2.29. The van der Waals surface area contributed by atoms with Crippen molar-refractivity contribution in [1.29, 1.82) is 0 Å². The zero-order valence-electron chi connectivity index (χ0n) is 13.5. The Kier molecular flexibility index (Phi) is 4.56. The number of imidazole rings is 1. The van der Waals surface area contributed by atoms with Gasteiger partial charge < -0.3 is 14.6 Å². The molecule has 2 aromatic heterocycles. The number of carbonyl (C=O) groups is 1. The van der Waals surface area contributed by atoms with Crippen LogP contribution in [0, 0.1) is 0 Å². The Morgan fingerprint density at radius 1 is 1.17 bits per heavy atom. The molecular formula is C18H18N4O2. The van der Waals surface area contributed by atoms with Gasteiger partial charge in [-0.15, -0.1) is 0 Å². The standard InChI is InChI=1S/C18H18N4O2/c1-22-12-11-20-17(22)16(14-5-3-4-6-15(14)24-2)21-18(23)13-7-9-19-10-8-13/h3-12,16H,1-2H3,(H,21,23)/t16-/m0/s1. The summed E-state index contributed by atoms with van der Waals surface area (Å²) in [6.45, 7) is 0. The number of methoxy groups -OCH3 is 1. The van der Waals surface area contributed by atoms with Crippen molar-refractivity contribution in [1.82, 2.24) is 19.9 Å². The third-order valence-corrected chi connectivity index (χ3v) is 3.78. The van der Waals surface area contributed by atoms with Crippen LogP contribution in [-0.4, -0.2) is 27.6 Å². The highest BCUT2D eigenvalue weighted by Gasteiger charge is 2.24. The molecule has 24 heavy (non-hydrogen) atoms. The maximum absolute atomic E-state index is 12.6. The van der Waals surface area contributed by atoms with Gasteiger partial charge in [0.25, 0.3) is 5.91 Å². The highest BCUT2D eigenvalue weighted by molar-refractivity contribution is 5.94. The summed E-state index contributed by atoms with van der Waals surface area (Å²) in [4.78, 5) is 21.0. The van der Waals surface area contributed by atoms with Gasteiger partial charge in [0.1, 0.15) is 17.6 Å². The van der Waals surface area contributed by atoms with Crippen LogP contribution >= 0.6 is 0 Å². The van der Waals surface area contributed by atoms with E-state index in [1.54, 1.807) is 37.8 Å². The molecule has 0 aliphatic heterocycles. The second-order valence-electron chi connectivity index (χ2n) is 5.28. The summed E-state index contributed by atoms with van der Waals surface area (Å²) >= 11 is 0. The van der Waals surface area contributed by atoms with Gasteiger partial charge in [-0.3, -0.25) is 9.78 Å². The first-order valence-electron chi connectivity index (χ1n) is 7.51. The molecule has 0 saturated carbocycles. The van der Waals surface area contributed by atoms with Gasteiger partial charge in [0, 0.05) is 43.0 Å². The Morgan fingerprint density at radius 3 is 2.58 bits per heavy atom. The van der Waals surface area contributed by atoms with Crippen molar-refractivity contribution in [2.24, 2.45) is 7.05 Å². The van der Waals surface area contributed by atoms with Gasteiger partial charge in [-0.1, -0.05) is 18.2 Å². The van der Waals surface area contributed by atoms with Crippen molar-refractivity contribution in [2.45, 2.75) is 6.04 Å². The van der Waals surface area contributed by atoms with Crippen LogP contribution in [0.1, 0.15) is 27.8 Å². The van der Waals surface area contributed by atoms with E-state index in [2.05, 4.69) is 15.3 Å². The molecule has 1 amide bonds. The monoisotopic (exact) mass is 322 g/mol. The number of pyridine rings is 1. The summed E-state index contributed by atoms with van der Waals surface area (Å²) in [6.07, 6.45) is 6.73. The van der Waals surface area contributed by atoms with E-state index in [1.807, 2.05) is 42.1 Å². The fourth-order valence-corrected chi connectivity index (χ4v) is 2.56. The van der Waals surface area contributed by atoms with Crippen LogP contribution in [0.2, 0.25) is 0 Å². The fraction of sp³-hybridized carbons (Fsp3) is 0.167. The molecule has 0 radical (unpaired) electrons.